The molecule has 1 aromatic carbocycles. The minimum absolute atomic E-state index is 0.250. The molecule has 4 nitrogen and oxygen atoms in total. The van der Waals surface area contributed by atoms with Crippen LogP contribution in [0.5, 0.6) is 5.75 Å². The maximum Gasteiger partial charge on any atom is 0.246 e. The Morgan fingerprint density at radius 2 is 1.90 bits per heavy atom. The lowest BCUT2D eigenvalue weighted by atomic mass is 9.94. The van der Waals surface area contributed by atoms with E-state index >= 15 is 0 Å². The molecule has 2 rings (SSSR count). The maximum atomic E-state index is 13.0. The molecule has 1 heterocycles. The Morgan fingerprint density at radius 1 is 1.29 bits per heavy atom. The van der Waals surface area contributed by atoms with Gasteiger partial charge in [0.15, 0.2) is 0 Å². The van der Waals surface area contributed by atoms with Crippen molar-refractivity contribution in [3.05, 3.63) is 22.7 Å². The average Bonchev–Trinajstić information content (AvgIpc) is 2.40. The molecule has 1 aliphatic heterocycles. The molecule has 0 radical (unpaired) electrons. The zero-order chi connectivity index (χ0) is 15.6. The van der Waals surface area contributed by atoms with Crippen molar-refractivity contribution < 1.29 is 13.2 Å². The predicted octanol–water partition coefficient (Wildman–Crippen LogP) is 3.51. The molecule has 0 spiro atoms. The van der Waals surface area contributed by atoms with Crippen LogP contribution in [0.1, 0.15) is 27.2 Å². The van der Waals surface area contributed by atoms with E-state index in [9.17, 15) is 8.42 Å². The van der Waals surface area contributed by atoms with E-state index in [1.807, 2.05) is 6.92 Å². The number of hydrogen-bond donors (Lipinski definition) is 0. The maximum absolute atomic E-state index is 13.0. The highest BCUT2D eigenvalue weighted by Gasteiger charge is 2.33. The average molecular weight is 376 g/mol. The Bertz CT molecular complexity index is 593. The Morgan fingerprint density at radius 3 is 2.48 bits per heavy atom. The standard InChI is InChI=1S/C15H22BrNO3S/c1-4-20-14-6-5-13(16)8-15(14)21(18,19)17-9-11(2)7-12(3)10-17/h5-6,8,11-12H,4,7,9-10H2,1-3H3/t11-,12+. The lowest BCUT2D eigenvalue weighted by Crippen LogP contribution is -2.42. The first-order valence-corrected chi connectivity index (χ1v) is 9.50. The minimum Gasteiger partial charge on any atom is -0.492 e. The fourth-order valence-electron chi connectivity index (χ4n) is 2.90. The van der Waals surface area contributed by atoms with Crippen LogP contribution in [0, 0.1) is 11.8 Å². The third-order valence-electron chi connectivity index (χ3n) is 3.66. The first kappa shape index (κ1) is 16.8. The number of rotatable bonds is 4. The van der Waals surface area contributed by atoms with E-state index in [1.165, 1.54) is 0 Å². The van der Waals surface area contributed by atoms with Gasteiger partial charge < -0.3 is 4.74 Å². The number of nitrogens with zero attached hydrogens (tertiary/aromatic N) is 1. The highest BCUT2D eigenvalue weighted by atomic mass is 79.9. The van der Waals surface area contributed by atoms with Gasteiger partial charge in [0, 0.05) is 17.6 Å². The topological polar surface area (TPSA) is 46.6 Å². The van der Waals surface area contributed by atoms with Crippen LogP contribution >= 0.6 is 15.9 Å². The summed E-state index contributed by atoms with van der Waals surface area (Å²) >= 11 is 3.35. The third-order valence-corrected chi connectivity index (χ3v) is 6.00. The highest BCUT2D eigenvalue weighted by molar-refractivity contribution is 9.10. The Balaban J connectivity index is 2.41. The molecule has 0 unspecified atom stereocenters. The molecule has 0 N–H and O–H groups in total. The van der Waals surface area contributed by atoms with Crippen molar-refractivity contribution in [3.8, 4) is 5.75 Å². The number of piperidine rings is 1. The van der Waals surface area contributed by atoms with Crippen molar-refractivity contribution in [2.75, 3.05) is 19.7 Å². The molecule has 118 valence electrons. The zero-order valence-corrected chi connectivity index (χ0v) is 15.1. The summed E-state index contributed by atoms with van der Waals surface area (Å²) in [6.07, 6.45) is 1.07. The summed E-state index contributed by atoms with van der Waals surface area (Å²) in [5.74, 6) is 1.18. The molecular formula is C15H22BrNO3S. The van der Waals surface area contributed by atoms with Crippen molar-refractivity contribution in [2.45, 2.75) is 32.1 Å². The summed E-state index contributed by atoms with van der Waals surface area (Å²) in [5.41, 5.74) is 0. The van der Waals surface area contributed by atoms with E-state index < -0.39 is 10.0 Å². The molecule has 0 aliphatic carbocycles. The third kappa shape index (κ3) is 3.79. The molecule has 0 saturated carbocycles. The molecule has 1 aliphatic rings. The molecule has 1 aromatic rings. The van der Waals surface area contributed by atoms with Gasteiger partial charge in [-0.05, 0) is 43.4 Å². The highest BCUT2D eigenvalue weighted by Crippen LogP contribution is 2.33. The van der Waals surface area contributed by atoms with Gasteiger partial charge in [-0.15, -0.1) is 0 Å². The lowest BCUT2D eigenvalue weighted by molar-refractivity contribution is 0.222. The number of ether oxygens (including phenoxy) is 1. The molecular weight excluding hydrogens is 354 g/mol. The second-order valence-electron chi connectivity index (χ2n) is 5.79. The van der Waals surface area contributed by atoms with Gasteiger partial charge in [0.1, 0.15) is 10.6 Å². The van der Waals surface area contributed by atoms with Crippen molar-refractivity contribution in [3.63, 3.8) is 0 Å². The normalized spacial score (nSPS) is 24.0. The fourth-order valence-corrected chi connectivity index (χ4v) is 5.25. The molecule has 1 fully saturated rings. The number of halogens is 1. The van der Waals surface area contributed by atoms with E-state index in [0.29, 0.717) is 37.3 Å². The van der Waals surface area contributed by atoms with E-state index in [0.717, 1.165) is 10.9 Å². The van der Waals surface area contributed by atoms with Crippen molar-refractivity contribution in [1.82, 2.24) is 4.31 Å². The predicted molar refractivity (Wildman–Crippen MR) is 87.0 cm³/mol. The van der Waals surface area contributed by atoms with Crippen molar-refractivity contribution in [1.29, 1.82) is 0 Å². The quantitative estimate of drug-likeness (QED) is 0.808. The molecule has 1 saturated heterocycles. The molecule has 0 bridgehead atoms. The van der Waals surface area contributed by atoms with Gasteiger partial charge >= 0.3 is 0 Å². The summed E-state index contributed by atoms with van der Waals surface area (Å²) in [4.78, 5) is 0.250. The lowest BCUT2D eigenvalue weighted by Gasteiger charge is -2.34. The first-order valence-electron chi connectivity index (χ1n) is 7.27. The van der Waals surface area contributed by atoms with E-state index in [2.05, 4.69) is 29.8 Å². The fraction of sp³-hybridized carbons (Fsp3) is 0.600. The van der Waals surface area contributed by atoms with Gasteiger partial charge in [0.2, 0.25) is 10.0 Å². The van der Waals surface area contributed by atoms with Crippen LogP contribution in [-0.4, -0.2) is 32.4 Å². The first-order chi connectivity index (χ1) is 9.84. The van der Waals surface area contributed by atoms with Crippen LogP contribution in [-0.2, 0) is 10.0 Å². The summed E-state index contributed by atoms with van der Waals surface area (Å²) < 4.78 is 33.7. The number of hydrogen-bond acceptors (Lipinski definition) is 3. The van der Waals surface area contributed by atoms with Gasteiger partial charge in [-0.25, -0.2) is 8.42 Å². The van der Waals surface area contributed by atoms with Crippen molar-refractivity contribution in [2.24, 2.45) is 11.8 Å². The molecule has 0 amide bonds. The molecule has 0 aromatic heterocycles. The van der Waals surface area contributed by atoms with Crippen LogP contribution in [0.3, 0.4) is 0 Å². The van der Waals surface area contributed by atoms with Crippen LogP contribution in [0.15, 0.2) is 27.6 Å². The summed E-state index contributed by atoms with van der Waals surface area (Å²) in [7, 11) is -3.52. The van der Waals surface area contributed by atoms with Gasteiger partial charge in [-0.1, -0.05) is 29.8 Å². The van der Waals surface area contributed by atoms with Crippen molar-refractivity contribution >= 4 is 26.0 Å². The van der Waals surface area contributed by atoms with Gasteiger partial charge in [-0.3, -0.25) is 0 Å². The number of benzene rings is 1. The number of sulfonamides is 1. The second kappa shape index (κ2) is 6.67. The molecule has 21 heavy (non-hydrogen) atoms. The second-order valence-corrected chi connectivity index (χ2v) is 8.61. The van der Waals surface area contributed by atoms with E-state index in [1.54, 1.807) is 22.5 Å². The largest absolute Gasteiger partial charge is 0.492 e. The summed E-state index contributed by atoms with van der Waals surface area (Å²) in [5, 5.41) is 0. The van der Waals surface area contributed by atoms with Crippen LogP contribution < -0.4 is 4.74 Å². The Kier molecular flexibility index (Phi) is 5.33. The van der Waals surface area contributed by atoms with E-state index in [-0.39, 0.29) is 4.90 Å². The minimum atomic E-state index is -3.52. The SMILES string of the molecule is CCOc1ccc(Br)cc1S(=O)(=O)N1C[C@H](C)C[C@H](C)C1. The van der Waals surface area contributed by atoms with Gasteiger partial charge in [0.25, 0.3) is 0 Å². The van der Waals surface area contributed by atoms with Crippen LogP contribution in [0.25, 0.3) is 0 Å². The van der Waals surface area contributed by atoms with E-state index in [4.69, 9.17) is 4.74 Å². The summed E-state index contributed by atoms with van der Waals surface area (Å²) in [6.45, 7) is 7.64. The monoisotopic (exact) mass is 375 g/mol. The Hall–Kier alpha value is -0.590. The smallest absolute Gasteiger partial charge is 0.246 e. The Labute approximate surface area is 135 Å². The van der Waals surface area contributed by atoms with Gasteiger partial charge in [0.05, 0.1) is 6.61 Å². The summed E-state index contributed by atoms with van der Waals surface area (Å²) in [6, 6.07) is 5.13. The van der Waals surface area contributed by atoms with Gasteiger partial charge in [-0.2, -0.15) is 4.31 Å². The molecule has 2 atom stereocenters. The van der Waals surface area contributed by atoms with Crippen LogP contribution in [0.2, 0.25) is 0 Å². The van der Waals surface area contributed by atoms with Crippen LogP contribution in [0.4, 0.5) is 0 Å². The molecule has 6 heteroatoms. The zero-order valence-electron chi connectivity index (χ0n) is 12.7.